The van der Waals surface area contributed by atoms with Crippen molar-refractivity contribution in [3.8, 4) is 5.75 Å². The van der Waals surface area contributed by atoms with Crippen LogP contribution in [0, 0.1) is 5.82 Å². The highest BCUT2D eigenvalue weighted by Gasteiger charge is 2.03. The molecule has 0 saturated heterocycles. The second-order valence-corrected chi connectivity index (χ2v) is 3.45. The summed E-state index contributed by atoms with van der Waals surface area (Å²) in [5.41, 5.74) is 6.37. The highest BCUT2D eigenvalue weighted by Crippen LogP contribution is 2.15. The molecule has 0 bridgehead atoms. The third-order valence-electron chi connectivity index (χ3n) is 2.21. The van der Waals surface area contributed by atoms with Gasteiger partial charge in [-0.25, -0.2) is 4.39 Å². The molecule has 2 rings (SSSR count). The van der Waals surface area contributed by atoms with E-state index >= 15 is 0 Å². The Morgan fingerprint density at radius 3 is 2.50 bits per heavy atom. The van der Waals surface area contributed by atoms with Crippen LogP contribution in [0.1, 0.15) is 5.56 Å². The third-order valence-corrected chi connectivity index (χ3v) is 2.21. The molecule has 0 aliphatic heterocycles. The Balaban J connectivity index is 2.05. The summed E-state index contributed by atoms with van der Waals surface area (Å²) in [6, 6.07) is 13.9. The fraction of sp³-hybridized carbons (Fsp3) is 0.0769. The third kappa shape index (κ3) is 2.51. The van der Waals surface area contributed by atoms with Crippen molar-refractivity contribution in [1.29, 1.82) is 0 Å². The number of benzene rings is 2. The first-order chi connectivity index (χ1) is 7.75. The van der Waals surface area contributed by atoms with Gasteiger partial charge in [-0.1, -0.05) is 24.3 Å². The number of nitrogens with two attached hydrogens (primary N) is 1. The van der Waals surface area contributed by atoms with Crippen LogP contribution in [0.4, 0.5) is 10.1 Å². The topological polar surface area (TPSA) is 35.2 Å². The number of hydrogen-bond donors (Lipinski definition) is 1. The van der Waals surface area contributed by atoms with Gasteiger partial charge in [0, 0.05) is 11.3 Å². The molecule has 2 aromatic carbocycles. The second-order valence-electron chi connectivity index (χ2n) is 3.45. The lowest BCUT2D eigenvalue weighted by molar-refractivity contribution is 0.300. The van der Waals surface area contributed by atoms with Crippen LogP contribution in [0.2, 0.25) is 0 Å². The molecule has 0 amide bonds. The van der Waals surface area contributed by atoms with Crippen molar-refractivity contribution in [1.82, 2.24) is 0 Å². The van der Waals surface area contributed by atoms with Crippen LogP contribution in [-0.4, -0.2) is 0 Å². The monoisotopic (exact) mass is 217 g/mol. The Kier molecular flexibility index (Phi) is 3.05. The Bertz CT molecular complexity index is 471. The molecule has 0 unspecified atom stereocenters. The fourth-order valence-corrected chi connectivity index (χ4v) is 1.36. The summed E-state index contributed by atoms with van der Waals surface area (Å²) >= 11 is 0. The molecule has 16 heavy (non-hydrogen) atoms. The second kappa shape index (κ2) is 4.66. The number of rotatable bonds is 3. The fourth-order valence-electron chi connectivity index (χ4n) is 1.36. The van der Waals surface area contributed by atoms with Gasteiger partial charge < -0.3 is 10.5 Å². The Labute approximate surface area is 93.5 Å². The molecule has 82 valence electrons. The van der Waals surface area contributed by atoms with Gasteiger partial charge in [0.25, 0.3) is 0 Å². The van der Waals surface area contributed by atoms with Crippen LogP contribution < -0.4 is 10.5 Å². The van der Waals surface area contributed by atoms with E-state index in [1.807, 2.05) is 30.3 Å². The van der Waals surface area contributed by atoms with Gasteiger partial charge in [0.2, 0.25) is 0 Å². The summed E-state index contributed by atoms with van der Waals surface area (Å²) in [4.78, 5) is 0. The van der Waals surface area contributed by atoms with Crippen molar-refractivity contribution >= 4 is 5.69 Å². The zero-order valence-electron chi connectivity index (χ0n) is 8.69. The smallest absolute Gasteiger partial charge is 0.131 e. The lowest BCUT2D eigenvalue weighted by Crippen LogP contribution is -1.99. The Morgan fingerprint density at radius 1 is 1.06 bits per heavy atom. The molecular weight excluding hydrogens is 205 g/mol. The molecule has 0 fully saturated rings. The van der Waals surface area contributed by atoms with Gasteiger partial charge >= 0.3 is 0 Å². The first kappa shape index (κ1) is 10.5. The van der Waals surface area contributed by atoms with Crippen LogP contribution in [-0.2, 0) is 6.61 Å². The summed E-state index contributed by atoms with van der Waals surface area (Å²) < 4.78 is 18.8. The van der Waals surface area contributed by atoms with Crippen LogP contribution in [0.15, 0.2) is 48.5 Å². The molecule has 0 aliphatic rings. The van der Waals surface area contributed by atoms with E-state index in [9.17, 15) is 4.39 Å². The van der Waals surface area contributed by atoms with Crippen LogP contribution >= 0.6 is 0 Å². The average molecular weight is 217 g/mol. The van der Waals surface area contributed by atoms with Gasteiger partial charge in [-0.15, -0.1) is 0 Å². The minimum Gasteiger partial charge on any atom is -0.489 e. The van der Waals surface area contributed by atoms with E-state index in [-0.39, 0.29) is 12.4 Å². The number of nitrogen functional groups attached to an aromatic ring is 1. The average Bonchev–Trinajstić information content (AvgIpc) is 2.29. The summed E-state index contributed by atoms with van der Waals surface area (Å²) in [6.07, 6.45) is 0. The molecule has 2 N–H and O–H groups in total. The van der Waals surface area contributed by atoms with Crippen molar-refractivity contribution < 1.29 is 9.13 Å². The lowest BCUT2D eigenvalue weighted by Gasteiger charge is -2.07. The van der Waals surface area contributed by atoms with Crippen molar-refractivity contribution in [2.24, 2.45) is 0 Å². The zero-order chi connectivity index (χ0) is 11.4. The minimum atomic E-state index is -0.337. The predicted octanol–water partition coefficient (Wildman–Crippen LogP) is 2.99. The molecule has 0 atom stereocenters. The predicted molar refractivity (Wildman–Crippen MR) is 61.6 cm³/mol. The van der Waals surface area contributed by atoms with Gasteiger partial charge in [-0.2, -0.15) is 0 Å². The number of anilines is 1. The molecule has 0 aromatic heterocycles. The molecule has 0 radical (unpaired) electrons. The molecule has 2 aromatic rings. The maximum atomic E-state index is 13.4. The summed E-state index contributed by atoms with van der Waals surface area (Å²) in [5, 5.41) is 0. The van der Waals surface area contributed by atoms with Crippen molar-refractivity contribution in [2.45, 2.75) is 6.61 Å². The van der Waals surface area contributed by atoms with Crippen LogP contribution in [0.5, 0.6) is 5.75 Å². The lowest BCUT2D eigenvalue weighted by atomic mass is 10.2. The molecule has 0 spiro atoms. The van der Waals surface area contributed by atoms with E-state index < -0.39 is 0 Å². The number of ether oxygens (including phenoxy) is 1. The molecule has 0 heterocycles. The van der Waals surface area contributed by atoms with Gasteiger partial charge in [0.15, 0.2) is 0 Å². The maximum absolute atomic E-state index is 13.4. The Morgan fingerprint density at radius 2 is 1.81 bits per heavy atom. The van der Waals surface area contributed by atoms with E-state index in [1.165, 1.54) is 6.07 Å². The number of para-hydroxylation sites is 1. The number of hydrogen-bond acceptors (Lipinski definition) is 2. The van der Waals surface area contributed by atoms with E-state index in [4.69, 9.17) is 10.5 Å². The van der Waals surface area contributed by atoms with Crippen molar-refractivity contribution in [3.05, 3.63) is 59.9 Å². The minimum absolute atomic E-state index is 0.204. The van der Waals surface area contributed by atoms with Crippen LogP contribution in [0.3, 0.4) is 0 Å². The highest BCUT2D eigenvalue weighted by atomic mass is 19.1. The van der Waals surface area contributed by atoms with Gasteiger partial charge in [0.05, 0.1) is 0 Å². The molecule has 0 aliphatic carbocycles. The van der Waals surface area contributed by atoms with Gasteiger partial charge in [0.1, 0.15) is 18.2 Å². The SMILES string of the molecule is Nc1ccc(COc2ccccc2)c(F)c1. The normalized spacial score (nSPS) is 10.1. The quantitative estimate of drug-likeness (QED) is 0.802. The standard InChI is InChI=1S/C13H12FNO/c14-13-8-11(15)7-6-10(13)9-16-12-4-2-1-3-5-12/h1-8H,9,15H2. The number of halogens is 1. The first-order valence-corrected chi connectivity index (χ1v) is 4.97. The van der Waals surface area contributed by atoms with Crippen molar-refractivity contribution in [2.75, 3.05) is 5.73 Å². The highest BCUT2D eigenvalue weighted by molar-refractivity contribution is 5.40. The van der Waals surface area contributed by atoms with Gasteiger partial charge in [-0.3, -0.25) is 0 Å². The molecule has 2 nitrogen and oxygen atoms in total. The maximum Gasteiger partial charge on any atom is 0.131 e. The molecular formula is C13H12FNO. The molecule has 3 heteroatoms. The van der Waals surface area contributed by atoms with E-state index in [2.05, 4.69) is 0 Å². The summed E-state index contributed by atoms with van der Waals surface area (Å²) in [6.45, 7) is 0.204. The Hall–Kier alpha value is -2.03. The first-order valence-electron chi connectivity index (χ1n) is 4.97. The summed E-state index contributed by atoms with van der Waals surface area (Å²) in [7, 11) is 0. The van der Waals surface area contributed by atoms with E-state index in [0.29, 0.717) is 11.3 Å². The van der Waals surface area contributed by atoms with Crippen LogP contribution in [0.25, 0.3) is 0 Å². The van der Waals surface area contributed by atoms with E-state index in [1.54, 1.807) is 12.1 Å². The van der Waals surface area contributed by atoms with Crippen molar-refractivity contribution in [3.63, 3.8) is 0 Å². The largest absolute Gasteiger partial charge is 0.489 e. The van der Waals surface area contributed by atoms with Gasteiger partial charge in [-0.05, 0) is 24.3 Å². The van der Waals surface area contributed by atoms with E-state index in [0.717, 1.165) is 5.75 Å². The summed E-state index contributed by atoms with van der Waals surface area (Å²) in [5.74, 6) is 0.384. The zero-order valence-corrected chi connectivity index (χ0v) is 8.69. The molecule has 0 saturated carbocycles.